The molecule has 0 radical (unpaired) electrons. The summed E-state index contributed by atoms with van der Waals surface area (Å²) in [5.41, 5.74) is 15.9. The van der Waals surface area contributed by atoms with Crippen molar-refractivity contribution in [3.05, 3.63) is 130 Å². The molecule has 0 spiro atoms. The molecule has 0 N–H and O–H groups in total. The lowest BCUT2D eigenvalue weighted by Crippen LogP contribution is -2.55. The van der Waals surface area contributed by atoms with Gasteiger partial charge in [-0.25, -0.2) is 0 Å². The first-order chi connectivity index (χ1) is 18.8. The molecule has 5 aromatic carbocycles. The van der Waals surface area contributed by atoms with Gasteiger partial charge in [-0.2, -0.15) is 0 Å². The zero-order chi connectivity index (χ0) is 27.3. The Morgan fingerprint density at radius 2 is 0.923 bits per heavy atom. The minimum Gasteiger partial charge on any atom is -0.308 e. The molecule has 39 heavy (non-hydrogen) atoms. The van der Waals surface area contributed by atoms with E-state index in [0.717, 1.165) is 0 Å². The summed E-state index contributed by atoms with van der Waals surface area (Å²) in [5.74, 6) is 0. The summed E-state index contributed by atoms with van der Waals surface area (Å²) in [6.45, 7) is 13.7. The third-order valence-electron chi connectivity index (χ3n) is 7.97. The van der Waals surface area contributed by atoms with Gasteiger partial charge in [0.05, 0.1) is 11.4 Å². The van der Waals surface area contributed by atoms with E-state index in [9.17, 15) is 0 Å². The monoisotopic (exact) mass is 523 g/mol. The molecule has 0 aromatic heterocycles. The Hall–Kier alpha value is -3.69. The van der Waals surface area contributed by atoms with Gasteiger partial charge in [0.25, 0.3) is 0 Å². The lowest BCUT2D eigenvalue weighted by Gasteiger charge is -2.33. The Morgan fingerprint density at radius 1 is 0.513 bits per heavy atom. The zero-order valence-corrected chi connectivity index (χ0v) is 24.5. The predicted molar refractivity (Wildman–Crippen MR) is 171 cm³/mol. The molecular weight excluding hydrogens is 489 g/mol. The van der Waals surface area contributed by atoms with Crippen LogP contribution in [-0.4, -0.2) is 6.71 Å². The second kappa shape index (κ2) is 10.1. The van der Waals surface area contributed by atoms with Crippen molar-refractivity contribution in [2.45, 2.75) is 51.3 Å². The Bertz CT molecular complexity index is 1550. The maximum atomic E-state index is 2.41. The third-order valence-corrected chi connectivity index (χ3v) is 9.10. The predicted octanol–water partition coefficient (Wildman–Crippen LogP) is 7.99. The Balaban J connectivity index is 1.52. The molecule has 0 saturated carbocycles. The molecule has 0 fully saturated rings. The summed E-state index contributed by atoms with van der Waals surface area (Å²) in [4.78, 5) is 4.98. The number of hydrogen-bond donors (Lipinski definition) is 0. The second-order valence-electron chi connectivity index (χ2n) is 11.0. The van der Waals surface area contributed by atoms with E-state index in [4.69, 9.17) is 0 Å². The van der Waals surface area contributed by atoms with E-state index in [2.05, 4.69) is 144 Å². The Kier molecular flexibility index (Phi) is 6.65. The minimum atomic E-state index is 0.178. The average Bonchev–Trinajstić information content (AvgIpc) is 2.90. The van der Waals surface area contributed by atoms with Crippen LogP contribution in [0.15, 0.2) is 107 Å². The van der Waals surface area contributed by atoms with Crippen molar-refractivity contribution >= 4 is 51.9 Å². The molecule has 192 valence electrons. The molecule has 3 heteroatoms. The molecule has 0 saturated heterocycles. The largest absolute Gasteiger partial charge is 0.308 e. The third kappa shape index (κ3) is 4.59. The molecule has 0 aliphatic carbocycles. The van der Waals surface area contributed by atoms with Crippen molar-refractivity contribution in [2.24, 2.45) is 0 Å². The van der Waals surface area contributed by atoms with E-state index in [1.165, 1.54) is 76.6 Å². The fraction of sp³-hybridized carbons (Fsp3) is 0.167. The molecule has 0 amide bonds. The Labute approximate surface area is 238 Å². The lowest BCUT2D eigenvalue weighted by molar-refractivity contribution is 1.17. The van der Waals surface area contributed by atoms with Crippen LogP contribution in [0.3, 0.4) is 0 Å². The highest BCUT2D eigenvalue weighted by atomic mass is 32.2. The highest BCUT2D eigenvalue weighted by Crippen LogP contribution is 2.50. The average molecular weight is 524 g/mol. The van der Waals surface area contributed by atoms with Crippen LogP contribution in [0.1, 0.15) is 33.4 Å². The summed E-state index contributed by atoms with van der Waals surface area (Å²) in [6.07, 6.45) is 0. The number of nitrogens with zero attached hydrogens (tertiary/aromatic N) is 1. The zero-order valence-electron chi connectivity index (χ0n) is 23.7. The number of hydrogen-bond acceptors (Lipinski definition) is 2. The van der Waals surface area contributed by atoms with Crippen LogP contribution >= 0.6 is 11.8 Å². The highest BCUT2D eigenvalue weighted by molar-refractivity contribution is 7.99. The molecule has 1 nitrogen and oxygen atoms in total. The van der Waals surface area contributed by atoms with Gasteiger partial charge in [0, 0.05) is 15.5 Å². The molecule has 1 aliphatic rings. The number of fused-ring (bicyclic) bond motifs is 2. The van der Waals surface area contributed by atoms with Gasteiger partial charge in [-0.05, 0) is 77.9 Å². The van der Waals surface area contributed by atoms with Crippen LogP contribution in [0.4, 0.5) is 17.1 Å². The summed E-state index contributed by atoms with van der Waals surface area (Å²) in [5, 5.41) is 0. The second-order valence-corrected chi connectivity index (χ2v) is 12.1. The maximum Gasteiger partial charge on any atom is 0.242 e. The first kappa shape index (κ1) is 25.6. The normalized spacial score (nSPS) is 12.2. The first-order valence-electron chi connectivity index (χ1n) is 13.7. The van der Waals surface area contributed by atoms with Crippen LogP contribution in [0.5, 0.6) is 0 Å². The maximum absolute atomic E-state index is 2.41. The van der Waals surface area contributed by atoms with Gasteiger partial charge < -0.3 is 4.90 Å². The van der Waals surface area contributed by atoms with Crippen molar-refractivity contribution in [2.75, 3.05) is 4.90 Å². The van der Waals surface area contributed by atoms with E-state index in [-0.39, 0.29) is 6.71 Å². The molecule has 1 aliphatic heterocycles. The van der Waals surface area contributed by atoms with Gasteiger partial charge in [-0.3, -0.25) is 0 Å². The van der Waals surface area contributed by atoms with Crippen LogP contribution in [0.2, 0.25) is 0 Å². The summed E-state index contributed by atoms with van der Waals surface area (Å²) < 4.78 is 0. The molecular formula is C36H34BNS. The topological polar surface area (TPSA) is 3.24 Å². The van der Waals surface area contributed by atoms with Crippen LogP contribution < -0.4 is 21.3 Å². The van der Waals surface area contributed by atoms with Crippen molar-refractivity contribution in [3.8, 4) is 0 Å². The summed E-state index contributed by atoms with van der Waals surface area (Å²) >= 11 is 1.85. The lowest BCUT2D eigenvalue weighted by atomic mass is 9.34. The standard InChI is InChI=1S/C36H34BNS/c1-23-19-25(3)35(26(4)20-23)37(36-27(5)21-24(2)22-28(36)6)29-15-17-30(18-16-29)38-31-11-7-9-13-33(31)39-34-14-10-8-12-32(34)38/h7-22H,1-6H3. The van der Waals surface area contributed by atoms with Gasteiger partial charge in [-0.15, -0.1) is 0 Å². The summed E-state index contributed by atoms with van der Waals surface area (Å²) in [6, 6.07) is 36.1. The van der Waals surface area contributed by atoms with E-state index >= 15 is 0 Å². The van der Waals surface area contributed by atoms with Gasteiger partial charge in [0.2, 0.25) is 6.71 Å². The van der Waals surface area contributed by atoms with Gasteiger partial charge in [0.15, 0.2) is 0 Å². The first-order valence-corrected chi connectivity index (χ1v) is 14.5. The van der Waals surface area contributed by atoms with Crippen LogP contribution in [-0.2, 0) is 0 Å². The fourth-order valence-electron chi connectivity index (χ4n) is 6.57. The SMILES string of the molecule is Cc1cc(C)c(B(c2ccc(N3c4ccccc4Sc4ccccc43)cc2)c2c(C)cc(C)cc2C)c(C)c1. The molecule has 0 atom stereocenters. The van der Waals surface area contributed by atoms with Crippen molar-refractivity contribution in [1.29, 1.82) is 0 Å². The molecule has 0 unspecified atom stereocenters. The van der Waals surface area contributed by atoms with Crippen molar-refractivity contribution < 1.29 is 0 Å². The van der Waals surface area contributed by atoms with Crippen LogP contribution in [0.25, 0.3) is 0 Å². The van der Waals surface area contributed by atoms with E-state index < -0.39 is 0 Å². The Morgan fingerprint density at radius 3 is 1.36 bits per heavy atom. The van der Waals surface area contributed by atoms with Gasteiger partial charge in [-0.1, -0.05) is 122 Å². The molecule has 5 aromatic rings. The fourth-order valence-corrected chi connectivity index (χ4v) is 7.63. The van der Waals surface area contributed by atoms with Gasteiger partial charge >= 0.3 is 0 Å². The minimum absolute atomic E-state index is 0.178. The quantitative estimate of drug-likeness (QED) is 0.216. The van der Waals surface area contributed by atoms with Crippen LogP contribution in [0, 0.1) is 41.5 Å². The van der Waals surface area contributed by atoms with Gasteiger partial charge in [0.1, 0.15) is 0 Å². The number of rotatable bonds is 4. The smallest absolute Gasteiger partial charge is 0.242 e. The van der Waals surface area contributed by atoms with E-state index in [0.29, 0.717) is 0 Å². The van der Waals surface area contributed by atoms with E-state index in [1.54, 1.807) is 0 Å². The number of para-hydroxylation sites is 2. The van der Waals surface area contributed by atoms with Crippen molar-refractivity contribution in [3.63, 3.8) is 0 Å². The molecule has 6 rings (SSSR count). The van der Waals surface area contributed by atoms with Crippen molar-refractivity contribution in [1.82, 2.24) is 0 Å². The molecule has 0 bridgehead atoms. The highest BCUT2D eigenvalue weighted by Gasteiger charge is 2.29. The number of benzene rings is 5. The summed E-state index contributed by atoms with van der Waals surface area (Å²) in [7, 11) is 0. The van der Waals surface area contributed by atoms with E-state index in [1.807, 2.05) is 11.8 Å². The number of anilines is 3. The molecule has 1 heterocycles. The number of aryl methyl sites for hydroxylation is 6.